The maximum atomic E-state index is 4.89. The Hall–Kier alpha value is 1.29. The summed E-state index contributed by atoms with van der Waals surface area (Å²) in [4.78, 5) is 0. The summed E-state index contributed by atoms with van der Waals surface area (Å²) >= 11 is -1.11. The van der Waals surface area contributed by atoms with E-state index in [4.69, 9.17) is 37.2 Å². The number of rotatable bonds is 0. The predicted octanol–water partition coefficient (Wildman–Crippen LogP) is 6.46. The first-order valence-electron chi connectivity index (χ1n) is 4.09. The quantitative estimate of drug-likeness (QED) is 0.353. The van der Waals surface area contributed by atoms with Gasteiger partial charge in [0.2, 0.25) is 0 Å². The molecule has 0 unspecified atom stereocenters. The van der Waals surface area contributed by atoms with Crippen molar-refractivity contribution in [3.05, 3.63) is 75.5 Å². The van der Waals surface area contributed by atoms with Crippen LogP contribution in [0.25, 0.3) is 0 Å². The molecule has 0 nitrogen and oxygen atoms in total. The van der Waals surface area contributed by atoms with Crippen molar-refractivity contribution in [1.82, 2.24) is 0 Å². The molecule has 0 amide bonds. The van der Waals surface area contributed by atoms with Crippen LogP contribution in [0.5, 0.6) is 0 Å². The zero-order valence-corrected chi connectivity index (χ0v) is 16.4. The Bertz CT molecular complexity index is 184. The van der Waals surface area contributed by atoms with Crippen LogP contribution in [0.4, 0.5) is 0 Å². The summed E-state index contributed by atoms with van der Waals surface area (Å²) in [5.41, 5.74) is 0. The van der Waals surface area contributed by atoms with Crippen LogP contribution in [-0.2, 0) is 34.1 Å². The summed E-state index contributed by atoms with van der Waals surface area (Å²) in [6.07, 6.45) is 0. The van der Waals surface area contributed by atoms with E-state index in [9.17, 15) is 0 Å². The largest absolute Gasteiger partial charge is 0.214 e. The number of hydrogen-bond acceptors (Lipinski definition) is 0. The second-order valence-corrected chi connectivity index (χ2v) is 7.23. The molecular formula is C12H16Cl4Ti2-4. The summed E-state index contributed by atoms with van der Waals surface area (Å²) in [5, 5.41) is 0. The molecule has 0 N–H and O–H groups in total. The van der Waals surface area contributed by atoms with Gasteiger partial charge in [-0.2, -0.15) is 36.4 Å². The molecule has 0 aromatic heterocycles. The first-order valence-corrected chi connectivity index (χ1v) is 12.7. The van der Waals surface area contributed by atoms with E-state index in [2.05, 4.69) is 0 Å². The van der Waals surface area contributed by atoms with Crippen LogP contribution in [0.3, 0.4) is 0 Å². The molecule has 0 bridgehead atoms. The fraction of sp³-hybridized carbons (Fsp3) is 0. The minimum absolute atomic E-state index is 0. The van der Waals surface area contributed by atoms with Crippen LogP contribution < -0.4 is 0 Å². The SMILES string of the molecule is [CH3-].[CH3-].[Cl][Ti][Cl].[Cl][Ti][Cl].c1cc[cH-]c1.c1cc[cH-]c1. The molecule has 2 aromatic rings. The van der Waals surface area contributed by atoms with Crippen molar-refractivity contribution in [1.29, 1.82) is 0 Å². The third-order valence-corrected chi connectivity index (χ3v) is 1.11. The van der Waals surface area contributed by atoms with E-state index in [0.29, 0.717) is 0 Å². The molecule has 18 heavy (non-hydrogen) atoms. The van der Waals surface area contributed by atoms with Crippen molar-refractivity contribution < 1.29 is 34.1 Å². The van der Waals surface area contributed by atoms with Crippen molar-refractivity contribution in [2.75, 3.05) is 0 Å². The van der Waals surface area contributed by atoms with Gasteiger partial charge in [0.1, 0.15) is 0 Å². The molecule has 0 fully saturated rings. The van der Waals surface area contributed by atoms with E-state index in [0.717, 1.165) is 0 Å². The van der Waals surface area contributed by atoms with Crippen molar-refractivity contribution >= 4 is 37.2 Å². The van der Waals surface area contributed by atoms with Gasteiger partial charge in [0.25, 0.3) is 0 Å². The zero-order chi connectivity index (χ0) is 12.5. The van der Waals surface area contributed by atoms with Gasteiger partial charge in [-0.05, 0) is 0 Å². The molecule has 6 heteroatoms. The second kappa shape index (κ2) is 31.0. The van der Waals surface area contributed by atoms with E-state index in [1.807, 2.05) is 60.7 Å². The van der Waals surface area contributed by atoms with Gasteiger partial charge in [-0.15, -0.1) is 0 Å². The molecule has 0 heterocycles. The monoisotopic (exact) mass is 396 g/mol. The summed E-state index contributed by atoms with van der Waals surface area (Å²) < 4.78 is 0. The number of hydrogen-bond donors (Lipinski definition) is 0. The Morgan fingerprint density at radius 3 is 0.778 bits per heavy atom. The molecule has 0 atom stereocenters. The predicted molar refractivity (Wildman–Crippen MR) is 80.3 cm³/mol. The Balaban J connectivity index is -0.0000000725. The Labute approximate surface area is 145 Å². The molecule has 0 aliphatic heterocycles. The zero-order valence-electron chi connectivity index (χ0n) is 10.3. The van der Waals surface area contributed by atoms with Gasteiger partial charge in [-0.1, -0.05) is 0 Å². The second-order valence-electron chi connectivity index (χ2n) is 2.07. The van der Waals surface area contributed by atoms with E-state index < -0.39 is 34.1 Å². The fourth-order valence-corrected chi connectivity index (χ4v) is 0.642. The first kappa shape index (κ1) is 27.6. The van der Waals surface area contributed by atoms with Gasteiger partial charge in [-0.3, -0.25) is 0 Å². The molecule has 0 saturated heterocycles. The summed E-state index contributed by atoms with van der Waals surface area (Å²) in [6, 6.07) is 20.0. The maximum absolute atomic E-state index is 4.89. The summed E-state index contributed by atoms with van der Waals surface area (Å²) in [5.74, 6) is 0. The molecule has 0 aliphatic rings. The normalized spacial score (nSPS) is 6.00. The molecule has 2 rings (SSSR count). The summed E-state index contributed by atoms with van der Waals surface area (Å²) in [6.45, 7) is 0. The minimum Gasteiger partial charge on any atom is -0.214 e. The molecule has 104 valence electrons. The van der Waals surface area contributed by atoms with Crippen LogP contribution in [0, 0.1) is 14.9 Å². The molecule has 2 aromatic carbocycles. The van der Waals surface area contributed by atoms with Crippen molar-refractivity contribution in [2.24, 2.45) is 0 Å². The molecule has 0 radical (unpaired) electrons. The van der Waals surface area contributed by atoms with Crippen molar-refractivity contribution in [3.8, 4) is 0 Å². The van der Waals surface area contributed by atoms with Gasteiger partial charge in [-0.25, -0.2) is 24.3 Å². The van der Waals surface area contributed by atoms with Crippen LogP contribution in [0.15, 0.2) is 60.7 Å². The third-order valence-electron chi connectivity index (χ3n) is 1.11. The van der Waals surface area contributed by atoms with E-state index >= 15 is 0 Å². The van der Waals surface area contributed by atoms with Gasteiger partial charge < -0.3 is 14.9 Å². The van der Waals surface area contributed by atoms with Gasteiger partial charge in [0, 0.05) is 0 Å². The Morgan fingerprint density at radius 1 is 0.556 bits per heavy atom. The van der Waals surface area contributed by atoms with Crippen LogP contribution in [0.1, 0.15) is 0 Å². The van der Waals surface area contributed by atoms with E-state index in [-0.39, 0.29) is 14.9 Å². The average molecular weight is 398 g/mol. The van der Waals surface area contributed by atoms with Gasteiger partial charge in [0.15, 0.2) is 0 Å². The third kappa shape index (κ3) is 36.0. The van der Waals surface area contributed by atoms with E-state index in [1.54, 1.807) is 0 Å². The van der Waals surface area contributed by atoms with Crippen molar-refractivity contribution in [3.63, 3.8) is 0 Å². The van der Waals surface area contributed by atoms with E-state index in [1.165, 1.54) is 0 Å². The van der Waals surface area contributed by atoms with Gasteiger partial charge >= 0.3 is 71.3 Å². The van der Waals surface area contributed by atoms with Crippen LogP contribution in [0.2, 0.25) is 0 Å². The van der Waals surface area contributed by atoms with Crippen LogP contribution in [-0.4, -0.2) is 0 Å². The maximum Gasteiger partial charge on any atom is -0.172 e. The minimum atomic E-state index is -0.556. The first-order chi connectivity index (χ1) is 7.83. The topological polar surface area (TPSA) is 0 Å². The molecule has 0 spiro atoms. The van der Waals surface area contributed by atoms with Gasteiger partial charge in [0.05, 0.1) is 0 Å². The average Bonchev–Trinajstić information content (AvgIpc) is 3.00. The van der Waals surface area contributed by atoms with Crippen LogP contribution >= 0.6 is 37.2 Å². The number of halogens is 4. The standard InChI is InChI=1S/2C5H5.2CH3.4ClH.2Ti/c2*1-2-4-5-3-1;;;;;;;;/h2*1-5H;2*1H3;4*1H;;/q4*-1;;;;;2*+2/p-4. The molecule has 0 saturated carbocycles. The summed E-state index contributed by atoms with van der Waals surface area (Å²) in [7, 11) is 19.6. The molecule has 0 aliphatic carbocycles. The van der Waals surface area contributed by atoms with Crippen molar-refractivity contribution in [2.45, 2.75) is 0 Å². The fourth-order valence-electron chi connectivity index (χ4n) is 0.642. The Kier molecular flexibility index (Phi) is 47.5. The Morgan fingerprint density at radius 2 is 0.722 bits per heavy atom. The molecular weight excluding hydrogens is 382 g/mol. The smallest absolute Gasteiger partial charge is 0.172 e.